The summed E-state index contributed by atoms with van der Waals surface area (Å²) in [5.41, 5.74) is 0. The Morgan fingerprint density at radius 2 is 2.11 bits per heavy atom. The second-order valence-corrected chi connectivity index (χ2v) is 6.87. The van der Waals surface area contributed by atoms with Gasteiger partial charge in [-0.2, -0.15) is 0 Å². The highest BCUT2D eigenvalue weighted by molar-refractivity contribution is 9.10. The summed E-state index contributed by atoms with van der Waals surface area (Å²) in [5, 5.41) is 3.05. The van der Waals surface area contributed by atoms with Gasteiger partial charge in [-0.3, -0.25) is 0 Å². The number of sulfonamides is 1. The lowest BCUT2D eigenvalue weighted by Crippen LogP contribution is -2.45. The van der Waals surface area contributed by atoms with Crippen molar-refractivity contribution in [3.63, 3.8) is 0 Å². The van der Waals surface area contributed by atoms with Crippen LogP contribution in [0.15, 0.2) is 21.5 Å². The largest absolute Gasteiger partial charge is 0.315 e. The van der Waals surface area contributed by atoms with Gasteiger partial charge in [0.2, 0.25) is 10.0 Å². The molecule has 1 aromatic rings. The molecule has 1 aromatic carbocycles. The smallest absolute Gasteiger partial charge is 0.244 e. The molecule has 0 unspecified atom stereocenters. The van der Waals surface area contributed by atoms with E-state index in [0.29, 0.717) is 19.0 Å². The number of hydrogen-bond acceptors (Lipinski definition) is 3. The van der Waals surface area contributed by atoms with E-state index in [2.05, 4.69) is 26.0 Å². The molecule has 8 heteroatoms. The third kappa shape index (κ3) is 3.50. The van der Waals surface area contributed by atoms with Crippen LogP contribution in [0.1, 0.15) is 12.8 Å². The lowest BCUT2D eigenvalue weighted by Gasteiger charge is -2.24. The molecular weight excluding hydrogens is 342 g/mol. The minimum atomic E-state index is -4.02. The monoisotopic (exact) mass is 354 g/mol. The van der Waals surface area contributed by atoms with Crippen LogP contribution >= 0.6 is 15.9 Å². The predicted molar refractivity (Wildman–Crippen MR) is 70.3 cm³/mol. The van der Waals surface area contributed by atoms with Crippen LogP contribution in [0.2, 0.25) is 0 Å². The van der Waals surface area contributed by atoms with Crippen molar-refractivity contribution >= 4 is 26.0 Å². The topological polar surface area (TPSA) is 58.2 Å². The molecule has 0 saturated carbocycles. The summed E-state index contributed by atoms with van der Waals surface area (Å²) in [6.07, 6.45) is 1.53. The average Bonchev–Trinajstić information content (AvgIpc) is 2.27. The third-order valence-corrected chi connectivity index (χ3v) is 5.33. The Bertz CT molecular complexity index is 551. The molecule has 0 spiro atoms. The fraction of sp³-hybridized carbons (Fsp3) is 0.455. The SMILES string of the molecule is O=S(=O)(N[C@H]1CCCNC1)c1c(F)cc(F)cc1Br. The molecule has 1 aliphatic heterocycles. The molecular formula is C11H13BrF2N2O2S. The highest BCUT2D eigenvalue weighted by Crippen LogP contribution is 2.26. The van der Waals surface area contributed by atoms with E-state index >= 15 is 0 Å². The minimum Gasteiger partial charge on any atom is -0.315 e. The Kier molecular flexibility index (Phi) is 4.54. The maximum Gasteiger partial charge on any atom is 0.244 e. The van der Waals surface area contributed by atoms with Crippen molar-refractivity contribution in [2.75, 3.05) is 13.1 Å². The molecule has 1 saturated heterocycles. The second kappa shape index (κ2) is 5.82. The predicted octanol–water partition coefficient (Wildman–Crippen LogP) is 1.76. The zero-order chi connectivity index (χ0) is 14.0. The van der Waals surface area contributed by atoms with Gasteiger partial charge in [0, 0.05) is 23.1 Å². The number of rotatable bonds is 3. The van der Waals surface area contributed by atoms with Gasteiger partial charge in [0.15, 0.2) is 0 Å². The van der Waals surface area contributed by atoms with E-state index in [-0.39, 0.29) is 10.5 Å². The van der Waals surface area contributed by atoms with E-state index in [1.165, 1.54) is 0 Å². The van der Waals surface area contributed by atoms with Gasteiger partial charge in [-0.15, -0.1) is 0 Å². The summed E-state index contributed by atoms with van der Waals surface area (Å²) in [4.78, 5) is -0.556. The van der Waals surface area contributed by atoms with Crippen LogP contribution in [0.25, 0.3) is 0 Å². The Morgan fingerprint density at radius 1 is 1.37 bits per heavy atom. The van der Waals surface area contributed by atoms with Gasteiger partial charge < -0.3 is 5.32 Å². The molecule has 0 aliphatic carbocycles. The van der Waals surface area contributed by atoms with Crippen molar-refractivity contribution in [2.45, 2.75) is 23.8 Å². The molecule has 1 fully saturated rings. The van der Waals surface area contributed by atoms with Crippen LogP contribution in [-0.2, 0) is 10.0 Å². The van der Waals surface area contributed by atoms with Crippen LogP contribution in [-0.4, -0.2) is 27.5 Å². The molecule has 0 radical (unpaired) electrons. The molecule has 1 heterocycles. The molecule has 1 atom stereocenters. The lowest BCUT2D eigenvalue weighted by molar-refractivity contribution is 0.427. The van der Waals surface area contributed by atoms with Crippen LogP contribution in [0.5, 0.6) is 0 Å². The second-order valence-electron chi connectivity index (χ2n) is 4.36. The summed E-state index contributed by atoms with van der Waals surface area (Å²) in [6, 6.07) is 1.20. The van der Waals surface area contributed by atoms with Gasteiger partial charge in [-0.1, -0.05) is 0 Å². The number of piperidine rings is 1. The molecule has 2 rings (SSSR count). The van der Waals surface area contributed by atoms with Gasteiger partial charge in [0.1, 0.15) is 16.5 Å². The highest BCUT2D eigenvalue weighted by Gasteiger charge is 2.27. The van der Waals surface area contributed by atoms with E-state index in [4.69, 9.17) is 0 Å². The quantitative estimate of drug-likeness (QED) is 0.869. The maximum absolute atomic E-state index is 13.7. The first-order valence-corrected chi connectivity index (χ1v) is 8.05. The summed E-state index contributed by atoms with van der Waals surface area (Å²) in [6.45, 7) is 1.34. The van der Waals surface area contributed by atoms with E-state index in [9.17, 15) is 17.2 Å². The van der Waals surface area contributed by atoms with Gasteiger partial charge >= 0.3 is 0 Å². The highest BCUT2D eigenvalue weighted by atomic mass is 79.9. The number of hydrogen-bond donors (Lipinski definition) is 2. The van der Waals surface area contributed by atoms with E-state index in [1.54, 1.807) is 0 Å². The molecule has 0 aromatic heterocycles. The van der Waals surface area contributed by atoms with Gasteiger partial charge in [0.05, 0.1) is 0 Å². The first kappa shape index (κ1) is 14.8. The third-order valence-electron chi connectivity index (χ3n) is 2.85. The van der Waals surface area contributed by atoms with Gasteiger partial charge in [-0.25, -0.2) is 21.9 Å². The fourth-order valence-corrected chi connectivity index (χ4v) is 4.45. The molecule has 0 amide bonds. The molecule has 1 aliphatic rings. The zero-order valence-electron chi connectivity index (χ0n) is 9.92. The Hall–Kier alpha value is -0.570. The molecule has 2 N–H and O–H groups in total. The van der Waals surface area contributed by atoms with Crippen LogP contribution in [0, 0.1) is 11.6 Å². The summed E-state index contributed by atoms with van der Waals surface area (Å²) in [7, 11) is -4.02. The zero-order valence-corrected chi connectivity index (χ0v) is 12.3. The van der Waals surface area contributed by atoms with Crippen LogP contribution in [0.3, 0.4) is 0 Å². The van der Waals surface area contributed by atoms with Crippen molar-refractivity contribution in [3.8, 4) is 0 Å². The number of nitrogens with one attached hydrogen (secondary N) is 2. The van der Waals surface area contributed by atoms with E-state index in [1.807, 2.05) is 0 Å². The first-order valence-electron chi connectivity index (χ1n) is 5.78. The Morgan fingerprint density at radius 3 is 2.68 bits per heavy atom. The van der Waals surface area contributed by atoms with Crippen molar-refractivity contribution in [2.24, 2.45) is 0 Å². The van der Waals surface area contributed by atoms with Crippen molar-refractivity contribution in [1.82, 2.24) is 10.0 Å². The normalized spacial score (nSPS) is 20.5. The number of halogens is 3. The van der Waals surface area contributed by atoms with Crippen molar-refractivity contribution in [3.05, 3.63) is 28.2 Å². The molecule has 0 bridgehead atoms. The Balaban J connectivity index is 2.29. The molecule has 19 heavy (non-hydrogen) atoms. The van der Waals surface area contributed by atoms with E-state index < -0.39 is 26.6 Å². The standard InChI is InChI=1S/C11H13BrF2N2O2S/c12-9-4-7(13)5-10(14)11(9)19(17,18)16-8-2-1-3-15-6-8/h4-5,8,15-16H,1-3,6H2/t8-/m0/s1. The first-order chi connectivity index (χ1) is 8.90. The fourth-order valence-electron chi connectivity index (χ4n) is 2.02. The number of benzene rings is 1. The van der Waals surface area contributed by atoms with Crippen molar-refractivity contribution in [1.29, 1.82) is 0 Å². The van der Waals surface area contributed by atoms with Crippen LogP contribution < -0.4 is 10.0 Å². The van der Waals surface area contributed by atoms with Gasteiger partial charge in [0.25, 0.3) is 0 Å². The summed E-state index contributed by atoms with van der Waals surface area (Å²) >= 11 is 2.88. The summed E-state index contributed by atoms with van der Waals surface area (Å²) in [5.74, 6) is -1.94. The van der Waals surface area contributed by atoms with Crippen LogP contribution in [0.4, 0.5) is 8.78 Å². The minimum absolute atomic E-state index is 0.124. The Labute approximate surface area is 118 Å². The maximum atomic E-state index is 13.7. The molecule has 106 valence electrons. The summed E-state index contributed by atoms with van der Waals surface area (Å²) < 4.78 is 53.2. The van der Waals surface area contributed by atoms with Crippen molar-refractivity contribution < 1.29 is 17.2 Å². The average molecular weight is 355 g/mol. The van der Waals surface area contributed by atoms with Gasteiger partial charge in [-0.05, 0) is 41.4 Å². The molecule has 4 nitrogen and oxygen atoms in total. The van der Waals surface area contributed by atoms with E-state index in [0.717, 1.165) is 19.0 Å². The lowest BCUT2D eigenvalue weighted by atomic mass is 10.1.